The summed E-state index contributed by atoms with van der Waals surface area (Å²) in [6, 6.07) is 1.15. The number of carbonyl (C=O) groups is 1. The summed E-state index contributed by atoms with van der Waals surface area (Å²) in [6.45, 7) is 3.80. The fraction of sp³-hybridized carbons (Fsp3) is 0.500. The number of pyridine rings is 1. The SMILES string of the molecule is CN1CCN(CC(=O)c2cc(F)cnc2Cl)CC1. The van der Waals surface area contributed by atoms with E-state index in [2.05, 4.69) is 9.88 Å². The minimum absolute atomic E-state index is 0.0653. The van der Waals surface area contributed by atoms with E-state index in [1.807, 2.05) is 11.9 Å². The van der Waals surface area contributed by atoms with Gasteiger partial charge in [0.25, 0.3) is 0 Å². The lowest BCUT2D eigenvalue weighted by Crippen LogP contribution is -2.46. The average Bonchev–Trinajstić information content (AvgIpc) is 2.35. The van der Waals surface area contributed by atoms with Gasteiger partial charge < -0.3 is 4.90 Å². The number of likely N-dealkylation sites (N-methyl/N-ethyl adjacent to an activating group) is 1. The van der Waals surface area contributed by atoms with Crippen molar-refractivity contribution in [1.82, 2.24) is 14.8 Å². The molecule has 0 spiro atoms. The molecule has 0 aliphatic carbocycles. The number of carbonyl (C=O) groups excluding carboxylic acids is 1. The number of rotatable bonds is 3. The molecular weight excluding hydrogens is 257 g/mol. The maximum Gasteiger partial charge on any atom is 0.180 e. The third-order valence-corrected chi connectivity index (χ3v) is 3.37. The van der Waals surface area contributed by atoms with Crippen molar-refractivity contribution in [1.29, 1.82) is 0 Å². The van der Waals surface area contributed by atoms with Crippen molar-refractivity contribution in [3.8, 4) is 0 Å². The molecule has 0 atom stereocenters. The summed E-state index contributed by atoms with van der Waals surface area (Å²) in [6.07, 6.45) is 1.01. The Balaban J connectivity index is 2.01. The summed E-state index contributed by atoms with van der Waals surface area (Å²) in [4.78, 5) is 19.9. The first-order valence-corrected chi connectivity index (χ1v) is 6.19. The van der Waals surface area contributed by atoms with Gasteiger partial charge in [-0.05, 0) is 13.1 Å². The average molecular weight is 272 g/mol. The monoisotopic (exact) mass is 271 g/mol. The molecular formula is C12H15ClFN3O. The highest BCUT2D eigenvalue weighted by atomic mass is 35.5. The molecule has 0 bridgehead atoms. The number of ketones is 1. The van der Waals surface area contributed by atoms with Crippen LogP contribution < -0.4 is 0 Å². The van der Waals surface area contributed by atoms with Crippen LogP contribution in [0.5, 0.6) is 0 Å². The summed E-state index contributed by atoms with van der Waals surface area (Å²) in [5.41, 5.74) is 0.163. The molecule has 18 heavy (non-hydrogen) atoms. The van der Waals surface area contributed by atoms with Crippen LogP contribution in [0.3, 0.4) is 0 Å². The summed E-state index contributed by atoms with van der Waals surface area (Å²) in [5, 5.41) is 0.0653. The first-order valence-electron chi connectivity index (χ1n) is 5.81. The van der Waals surface area contributed by atoms with Crippen molar-refractivity contribution in [3.05, 3.63) is 28.8 Å². The van der Waals surface area contributed by atoms with E-state index in [-0.39, 0.29) is 23.0 Å². The highest BCUT2D eigenvalue weighted by Crippen LogP contribution is 2.15. The Hall–Kier alpha value is -1.04. The van der Waals surface area contributed by atoms with Crippen molar-refractivity contribution in [2.75, 3.05) is 39.8 Å². The molecule has 4 nitrogen and oxygen atoms in total. The maximum absolute atomic E-state index is 13.0. The van der Waals surface area contributed by atoms with Gasteiger partial charge in [0.2, 0.25) is 0 Å². The van der Waals surface area contributed by atoms with Gasteiger partial charge in [0.15, 0.2) is 5.78 Å². The van der Waals surface area contributed by atoms with E-state index in [1.165, 1.54) is 0 Å². The maximum atomic E-state index is 13.0. The van der Waals surface area contributed by atoms with Crippen molar-refractivity contribution in [2.45, 2.75) is 0 Å². The third kappa shape index (κ3) is 3.25. The molecule has 98 valence electrons. The molecule has 1 aromatic rings. The topological polar surface area (TPSA) is 36.4 Å². The van der Waals surface area contributed by atoms with Crippen LogP contribution in [0.2, 0.25) is 5.15 Å². The normalized spacial score (nSPS) is 17.9. The number of aromatic nitrogens is 1. The lowest BCUT2D eigenvalue weighted by molar-refractivity contribution is 0.0876. The summed E-state index contributed by atoms with van der Waals surface area (Å²) >= 11 is 5.81. The zero-order chi connectivity index (χ0) is 13.1. The molecule has 1 saturated heterocycles. The van der Waals surface area contributed by atoms with E-state index in [1.54, 1.807) is 0 Å². The molecule has 2 rings (SSSR count). The van der Waals surface area contributed by atoms with Crippen LogP contribution in [0.25, 0.3) is 0 Å². The van der Waals surface area contributed by atoms with Crippen LogP contribution >= 0.6 is 11.6 Å². The van der Waals surface area contributed by atoms with Gasteiger partial charge in [-0.2, -0.15) is 0 Å². The molecule has 1 fully saturated rings. The highest BCUT2D eigenvalue weighted by Gasteiger charge is 2.19. The second kappa shape index (κ2) is 5.73. The zero-order valence-electron chi connectivity index (χ0n) is 10.2. The van der Waals surface area contributed by atoms with Crippen LogP contribution in [0.15, 0.2) is 12.3 Å². The Kier molecular flexibility index (Phi) is 4.27. The first-order chi connectivity index (χ1) is 8.56. The smallest absolute Gasteiger partial charge is 0.180 e. The number of halogens is 2. The lowest BCUT2D eigenvalue weighted by atomic mass is 10.1. The second-order valence-electron chi connectivity index (χ2n) is 4.49. The summed E-state index contributed by atoms with van der Waals surface area (Å²) in [7, 11) is 2.05. The standard InChI is InChI=1S/C12H15ClFN3O/c1-16-2-4-17(5-3-16)8-11(18)10-6-9(14)7-15-12(10)13/h6-7H,2-5,8H2,1H3. The molecule has 6 heteroatoms. The molecule has 1 aromatic heterocycles. The van der Waals surface area contributed by atoms with E-state index in [9.17, 15) is 9.18 Å². The Morgan fingerprint density at radius 2 is 2.11 bits per heavy atom. The van der Waals surface area contributed by atoms with Crippen LogP contribution in [0.1, 0.15) is 10.4 Å². The van der Waals surface area contributed by atoms with Crippen LogP contribution in [0.4, 0.5) is 4.39 Å². The predicted octanol–water partition coefficient (Wildman–Crippen LogP) is 1.30. The van der Waals surface area contributed by atoms with E-state index < -0.39 is 5.82 Å². The van der Waals surface area contributed by atoms with Gasteiger partial charge in [-0.15, -0.1) is 0 Å². The number of hydrogen-bond donors (Lipinski definition) is 0. The molecule has 0 radical (unpaired) electrons. The Bertz CT molecular complexity index is 447. The molecule has 0 saturated carbocycles. The fourth-order valence-electron chi connectivity index (χ4n) is 1.91. The number of hydrogen-bond acceptors (Lipinski definition) is 4. The van der Waals surface area contributed by atoms with Crippen molar-refractivity contribution in [2.24, 2.45) is 0 Å². The Morgan fingerprint density at radius 3 is 2.78 bits per heavy atom. The van der Waals surface area contributed by atoms with Gasteiger partial charge in [0, 0.05) is 26.2 Å². The molecule has 0 unspecified atom stereocenters. The Morgan fingerprint density at radius 1 is 1.44 bits per heavy atom. The third-order valence-electron chi connectivity index (χ3n) is 3.07. The van der Waals surface area contributed by atoms with Gasteiger partial charge in [-0.25, -0.2) is 9.37 Å². The minimum atomic E-state index is -0.541. The minimum Gasteiger partial charge on any atom is -0.304 e. The molecule has 0 amide bonds. The van der Waals surface area contributed by atoms with Gasteiger partial charge >= 0.3 is 0 Å². The van der Waals surface area contributed by atoms with Crippen molar-refractivity contribution < 1.29 is 9.18 Å². The molecule has 0 N–H and O–H groups in total. The van der Waals surface area contributed by atoms with Crippen molar-refractivity contribution in [3.63, 3.8) is 0 Å². The number of Topliss-reactive ketones (excluding diaryl/α,β-unsaturated/α-hetero) is 1. The Labute approximate surface area is 110 Å². The summed E-state index contributed by atoms with van der Waals surface area (Å²) in [5.74, 6) is -0.724. The quantitative estimate of drug-likeness (QED) is 0.613. The second-order valence-corrected chi connectivity index (χ2v) is 4.85. The predicted molar refractivity (Wildman–Crippen MR) is 67.5 cm³/mol. The van der Waals surface area contributed by atoms with E-state index >= 15 is 0 Å². The molecule has 1 aliphatic heterocycles. The molecule has 1 aliphatic rings. The molecule has 2 heterocycles. The molecule has 0 aromatic carbocycles. The van der Waals surface area contributed by atoms with Gasteiger partial charge in [0.05, 0.1) is 18.3 Å². The number of piperazine rings is 1. The van der Waals surface area contributed by atoms with E-state index in [0.29, 0.717) is 0 Å². The van der Waals surface area contributed by atoms with Gasteiger partial charge in [0.1, 0.15) is 11.0 Å². The summed E-state index contributed by atoms with van der Waals surface area (Å²) < 4.78 is 13.0. The van der Waals surface area contributed by atoms with E-state index in [4.69, 9.17) is 11.6 Å². The highest BCUT2D eigenvalue weighted by molar-refractivity contribution is 6.32. The fourth-order valence-corrected chi connectivity index (χ4v) is 2.12. The lowest BCUT2D eigenvalue weighted by Gasteiger charge is -2.31. The zero-order valence-corrected chi connectivity index (χ0v) is 11.0. The van der Waals surface area contributed by atoms with E-state index in [0.717, 1.165) is 38.4 Å². The first kappa shape index (κ1) is 13.4. The largest absolute Gasteiger partial charge is 0.304 e. The van der Waals surface area contributed by atoms with Crippen LogP contribution in [0, 0.1) is 5.82 Å². The van der Waals surface area contributed by atoms with Gasteiger partial charge in [-0.3, -0.25) is 9.69 Å². The van der Waals surface area contributed by atoms with Crippen LogP contribution in [-0.2, 0) is 0 Å². The van der Waals surface area contributed by atoms with Crippen molar-refractivity contribution >= 4 is 17.4 Å². The van der Waals surface area contributed by atoms with Crippen LogP contribution in [-0.4, -0.2) is 60.3 Å². The number of nitrogens with zero attached hydrogens (tertiary/aromatic N) is 3. The van der Waals surface area contributed by atoms with Gasteiger partial charge in [-0.1, -0.05) is 11.6 Å².